The molecule has 1 saturated heterocycles. The van der Waals surface area contributed by atoms with E-state index >= 15 is 0 Å². The molecule has 0 saturated carbocycles. The molecule has 2 aliphatic rings. The standard InChI is InChI=1S/C28H26N4O2/c1-19-5-8-22(9-6-19)30-27(33)25-16-23(10-12-26(25)31-13-3-2-4-14-31)32-18-21-15-20(17-29)7-11-24(21)28(32)34/h5-12,15-16H,2-4,13-14,18H2,1H3,(H,30,33). The van der Waals surface area contributed by atoms with Crippen molar-refractivity contribution in [2.24, 2.45) is 0 Å². The third-order valence-corrected chi connectivity index (χ3v) is 6.58. The smallest absolute Gasteiger partial charge is 0.258 e. The van der Waals surface area contributed by atoms with Crippen LogP contribution in [0.25, 0.3) is 0 Å². The highest BCUT2D eigenvalue weighted by atomic mass is 16.2. The number of hydrogen-bond acceptors (Lipinski definition) is 4. The Balaban J connectivity index is 1.49. The van der Waals surface area contributed by atoms with Crippen LogP contribution in [-0.4, -0.2) is 24.9 Å². The summed E-state index contributed by atoms with van der Waals surface area (Å²) in [4.78, 5) is 30.5. The minimum atomic E-state index is -0.192. The molecule has 3 aromatic carbocycles. The summed E-state index contributed by atoms with van der Waals surface area (Å²) in [6, 6.07) is 20.7. The highest BCUT2D eigenvalue weighted by Crippen LogP contribution is 2.34. The van der Waals surface area contributed by atoms with E-state index in [4.69, 9.17) is 0 Å². The van der Waals surface area contributed by atoms with Crippen LogP contribution in [0.3, 0.4) is 0 Å². The summed E-state index contributed by atoms with van der Waals surface area (Å²) in [5.74, 6) is -0.308. The molecule has 1 fully saturated rings. The second-order valence-corrected chi connectivity index (χ2v) is 8.94. The molecule has 0 atom stereocenters. The van der Waals surface area contributed by atoms with E-state index in [1.165, 1.54) is 6.42 Å². The molecule has 0 aromatic heterocycles. The Bertz CT molecular complexity index is 1300. The van der Waals surface area contributed by atoms with Crippen LogP contribution in [0.15, 0.2) is 60.7 Å². The lowest BCUT2D eigenvalue weighted by atomic mass is 10.0. The lowest BCUT2D eigenvalue weighted by molar-refractivity contribution is 0.0992. The highest BCUT2D eigenvalue weighted by Gasteiger charge is 2.30. The van der Waals surface area contributed by atoms with E-state index < -0.39 is 0 Å². The van der Waals surface area contributed by atoms with Crippen molar-refractivity contribution >= 4 is 28.9 Å². The van der Waals surface area contributed by atoms with Crippen molar-refractivity contribution in [3.63, 3.8) is 0 Å². The van der Waals surface area contributed by atoms with E-state index in [0.29, 0.717) is 28.9 Å². The lowest BCUT2D eigenvalue weighted by Crippen LogP contribution is -2.32. The van der Waals surface area contributed by atoms with Gasteiger partial charge in [-0.2, -0.15) is 5.26 Å². The zero-order chi connectivity index (χ0) is 23.7. The second-order valence-electron chi connectivity index (χ2n) is 8.94. The first-order chi connectivity index (χ1) is 16.5. The van der Waals surface area contributed by atoms with E-state index in [0.717, 1.165) is 48.4 Å². The summed E-state index contributed by atoms with van der Waals surface area (Å²) < 4.78 is 0. The zero-order valence-corrected chi connectivity index (χ0v) is 19.2. The minimum Gasteiger partial charge on any atom is -0.371 e. The minimum absolute atomic E-state index is 0.116. The van der Waals surface area contributed by atoms with Gasteiger partial charge in [0.1, 0.15) is 0 Å². The van der Waals surface area contributed by atoms with Gasteiger partial charge in [-0.15, -0.1) is 0 Å². The van der Waals surface area contributed by atoms with Gasteiger partial charge in [-0.3, -0.25) is 9.59 Å². The third-order valence-electron chi connectivity index (χ3n) is 6.58. The molecular weight excluding hydrogens is 424 g/mol. The molecule has 0 aliphatic carbocycles. The molecule has 2 amide bonds. The van der Waals surface area contributed by atoms with Crippen LogP contribution in [-0.2, 0) is 6.54 Å². The van der Waals surface area contributed by atoms with Crippen molar-refractivity contribution in [3.8, 4) is 6.07 Å². The molecule has 6 heteroatoms. The molecule has 6 nitrogen and oxygen atoms in total. The fraction of sp³-hybridized carbons (Fsp3) is 0.250. The molecule has 34 heavy (non-hydrogen) atoms. The Morgan fingerprint density at radius 3 is 2.47 bits per heavy atom. The SMILES string of the molecule is Cc1ccc(NC(=O)c2cc(N3Cc4cc(C#N)ccc4C3=O)ccc2N2CCCCC2)cc1. The van der Waals surface area contributed by atoms with Crippen LogP contribution in [0, 0.1) is 18.3 Å². The normalized spacial score (nSPS) is 15.1. The Morgan fingerprint density at radius 2 is 1.74 bits per heavy atom. The van der Waals surface area contributed by atoms with Gasteiger partial charge in [-0.25, -0.2) is 0 Å². The number of hydrogen-bond donors (Lipinski definition) is 1. The van der Waals surface area contributed by atoms with Gasteiger partial charge in [-0.05, 0) is 80.3 Å². The number of fused-ring (bicyclic) bond motifs is 1. The molecule has 0 bridgehead atoms. The Morgan fingerprint density at radius 1 is 0.971 bits per heavy atom. The number of nitriles is 1. The van der Waals surface area contributed by atoms with E-state index in [9.17, 15) is 14.9 Å². The molecule has 5 rings (SSSR count). The first kappa shape index (κ1) is 21.7. The fourth-order valence-corrected chi connectivity index (χ4v) is 4.72. The molecular formula is C28H26N4O2. The van der Waals surface area contributed by atoms with Crippen molar-refractivity contribution in [2.75, 3.05) is 28.2 Å². The van der Waals surface area contributed by atoms with Crippen molar-refractivity contribution in [3.05, 3.63) is 88.5 Å². The van der Waals surface area contributed by atoms with Crippen LogP contribution in [0.5, 0.6) is 0 Å². The summed E-state index contributed by atoms with van der Waals surface area (Å²) in [6.45, 7) is 4.21. The Kier molecular flexibility index (Phi) is 5.77. The molecule has 0 unspecified atom stereocenters. The molecule has 0 spiro atoms. The summed E-state index contributed by atoms with van der Waals surface area (Å²) in [6.07, 6.45) is 3.40. The number of carbonyl (C=O) groups is 2. The predicted molar refractivity (Wildman–Crippen MR) is 133 cm³/mol. The van der Waals surface area contributed by atoms with Gasteiger partial charge in [0.05, 0.1) is 23.7 Å². The fourth-order valence-electron chi connectivity index (χ4n) is 4.72. The van der Waals surface area contributed by atoms with Gasteiger partial charge in [0.15, 0.2) is 0 Å². The van der Waals surface area contributed by atoms with E-state index in [1.54, 1.807) is 23.1 Å². The number of benzene rings is 3. The summed E-state index contributed by atoms with van der Waals surface area (Å²) >= 11 is 0. The van der Waals surface area contributed by atoms with Gasteiger partial charge in [0, 0.05) is 35.7 Å². The molecule has 1 N–H and O–H groups in total. The van der Waals surface area contributed by atoms with Crippen molar-refractivity contribution in [1.82, 2.24) is 0 Å². The van der Waals surface area contributed by atoms with Crippen molar-refractivity contribution in [2.45, 2.75) is 32.7 Å². The topological polar surface area (TPSA) is 76.4 Å². The Labute approximate surface area is 199 Å². The number of anilines is 3. The molecule has 2 aliphatic heterocycles. The van der Waals surface area contributed by atoms with Crippen LogP contribution >= 0.6 is 0 Å². The second kappa shape index (κ2) is 9.03. The van der Waals surface area contributed by atoms with E-state index in [2.05, 4.69) is 16.3 Å². The maximum atomic E-state index is 13.4. The van der Waals surface area contributed by atoms with Crippen LogP contribution in [0.4, 0.5) is 17.1 Å². The predicted octanol–water partition coefficient (Wildman–Crippen LogP) is 5.27. The monoisotopic (exact) mass is 450 g/mol. The number of piperidine rings is 1. The van der Waals surface area contributed by atoms with Gasteiger partial charge in [-0.1, -0.05) is 17.7 Å². The van der Waals surface area contributed by atoms with Crippen molar-refractivity contribution < 1.29 is 9.59 Å². The summed E-state index contributed by atoms with van der Waals surface area (Å²) in [5.41, 5.74) is 5.95. The first-order valence-electron chi connectivity index (χ1n) is 11.7. The summed E-state index contributed by atoms with van der Waals surface area (Å²) in [5, 5.41) is 12.2. The number of nitrogens with one attached hydrogen (secondary N) is 1. The molecule has 3 aromatic rings. The molecule has 170 valence electrons. The third kappa shape index (κ3) is 4.13. The average Bonchev–Trinajstić information content (AvgIpc) is 3.21. The van der Waals surface area contributed by atoms with Gasteiger partial charge in [0.2, 0.25) is 0 Å². The maximum Gasteiger partial charge on any atom is 0.258 e. The first-order valence-corrected chi connectivity index (χ1v) is 11.7. The number of rotatable bonds is 4. The van der Waals surface area contributed by atoms with Gasteiger partial charge in [0.25, 0.3) is 11.8 Å². The number of amides is 2. The number of nitrogens with zero attached hydrogens (tertiary/aromatic N) is 3. The largest absolute Gasteiger partial charge is 0.371 e. The van der Waals surface area contributed by atoms with Crippen LogP contribution < -0.4 is 15.1 Å². The maximum absolute atomic E-state index is 13.4. The molecule has 2 heterocycles. The summed E-state index contributed by atoms with van der Waals surface area (Å²) in [7, 11) is 0. The number of carbonyl (C=O) groups excluding carboxylic acids is 2. The zero-order valence-electron chi connectivity index (χ0n) is 19.2. The van der Waals surface area contributed by atoms with E-state index in [-0.39, 0.29) is 11.8 Å². The van der Waals surface area contributed by atoms with E-state index in [1.807, 2.05) is 49.4 Å². The lowest BCUT2D eigenvalue weighted by Gasteiger charge is -2.31. The van der Waals surface area contributed by atoms with Crippen LogP contribution in [0.2, 0.25) is 0 Å². The Hall–Kier alpha value is -4.11. The van der Waals surface area contributed by atoms with Gasteiger partial charge < -0.3 is 15.1 Å². The average molecular weight is 451 g/mol. The quantitative estimate of drug-likeness (QED) is 0.588. The van der Waals surface area contributed by atoms with Gasteiger partial charge >= 0.3 is 0 Å². The van der Waals surface area contributed by atoms with Crippen molar-refractivity contribution in [1.29, 1.82) is 5.26 Å². The number of aryl methyl sites for hydroxylation is 1. The van der Waals surface area contributed by atoms with Crippen LogP contribution in [0.1, 0.15) is 56.7 Å². The highest BCUT2D eigenvalue weighted by molar-refractivity contribution is 6.12. The molecule has 0 radical (unpaired) electrons.